The van der Waals surface area contributed by atoms with Gasteiger partial charge < -0.3 is 4.57 Å². The third-order valence-corrected chi connectivity index (χ3v) is 11.4. The summed E-state index contributed by atoms with van der Waals surface area (Å²) in [6.07, 6.45) is 0. The van der Waals surface area contributed by atoms with Crippen molar-refractivity contribution in [1.29, 1.82) is 0 Å². The number of aromatic nitrogens is 3. The molecule has 11 aromatic rings. The molecule has 0 aliphatic heterocycles. The molecule has 0 amide bonds. The Morgan fingerprint density at radius 1 is 0.305 bits per heavy atom. The zero-order chi connectivity index (χ0) is 39.1. The molecule has 0 atom stereocenters. The maximum atomic E-state index is 5.25. The summed E-state index contributed by atoms with van der Waals surface area (Å²) in [7, 11) is 0. The summed E-state index contributed by atoms with van der Waals surface area (Å²) in [6.45, 7) is 0. The maximum Gasteiger partial charge on any atom is 0.0809 e. The molecule has 0 unspecified atom stereocenters. The standard InChI is InChI=1S/C56H37N3/c1-4-14-38(15-5-1)39-28-30-44(31-29-39)52-37-46(36-51(57-52)43-16-6-2-7-17-43)42-26-24-40(25-27-42)41-32-34-47(35-33-41)59-53-23-13-11-21-49(53)54-55(45-18-8-3-9-19-45)58-50-22-12-10-20-48(50)56(54)59/h1-37H. The predicted octanol–water partition coefficient (Wildman–Crippen LogP) is 14.7. The molecule has 3 heteroatoms. The first-order valence-corrected chi connectivity index (χ1v) is 20.1. The van der Waals surface area contributed by atoms with Crippen molar-refractivity contribution in [3.63, 3.8) is 0 Å². The Morgan fingerprint density at radius 3 is 1.34 bits per heavy atom. The van der Waals surface area contributed by atoms with Crippen molar-refractivity contribution < 1.29 is 0 Å². The van der Waals surface area contributed by atoms with Crippen molar-refractivity contribution in [3.05, 3.63) is 224 Å². The summed E-state index contributed by atoms with van der Waals surface area (Å²) >= 11 is 0. The van der Waals surface area contributed by atoms with Crippen LogP contribution < -0.4 is 0 Å². The average molecular weight is 752 g/mol. The lowest BCUT2D eigenvalue weighted by molar-refractivity contribution is 1.18. The van der Waals surface area contributed by atoms with E-state index in [-0.39, 0.29) is 0 Å². The molecule has 3 aromatic heterocycles. The van der Waals surface area contributed by atoms with Crippen LogP contribution in [0.2, 0.25) is 0 Å². The number of hydrogen-bond acceptors (Lipinski definition) is 2. The van der Waals surface area contributed by atoms with Crippen LogP contribution in [0.15, 0.2) is 224 Å². The Balaban J connectivity index is 0.965. The van der Waals surface area contributed by atoms with Crippen molar-refractivity contribution in [2.45, 2.75) is 0 Å². The van der Waals surface area contributed by atoms with Gasteiger partial charge in [-0.1, -0.05) is 188 Å². The minimum absolute atomic E-state index is 0.949. The van der Waals surface area contributed by atoms with Gasteiger partial charge in [0.1, 0.15) is 0 Å². The second-order valence-electron chi connectivity index (χ2n) is 15.0. The molecule has 0 saturated heterocycles. The van der Waals surface area contributed by atoms with E-state index in [1.165, 1.54) is 27.4 Å². The van der Waals surface area contributed by atoms with Crippen molar-refractivity contribution in [2.75, 3.05) is 0 Å². The SMILES string of the molecule is c1ccc(-c2ccc(-c3cc(-c4ccc(-c5ccc(-n6c7ccccc7c7c(-c8ccccc8)nc8ccccc8c76)cc5)cc4)cc(-c4ccccc4)n3)cc2)cc1. The summed E-state index contributed by atoms with van der Waals surface area (Å²) in [6, 6.07) is 79.7. The molecule has 0 aliphatic rings. The monoisotopic (exact) mass is 751 g/mol. The second-order valence-corrected chi connectivity index (χ2v) is 15.0. The normalized spacial score (nSPS) is 11.4. The van der Waals surface area contributed by atoms with Crippen LogP contribution in [0, 0.1) is 0 Å². The van der Waals surface area contributed by atoms with Gasteiger partial charge in [0.05, 0.1) is 33.6 Å². The summed E-state index contributed by atoms with van der Waals surface area (Å²) in [5.41, 5.74) is 17.6. The van der Waals surface area contributed by atoms with Crippen LogP contribution in [0.5, 0.6) is 0 Å². The molecule has 3 nitrogen and oxygen atoms in total. The topological polar surface area (TPSA) is 30.7 Å². The molecule has 276 valence electrons. The average Bonchev–Trinajstić information content (AvgIpc) is 3.68. The summed E-state index contributed by atoms with van der Waals surface area (Å²) in [5, 5.41) is 3.50. The molecule has 0 spiro atoms. The molecule has 0 saturated carbocycles. The lowest BCUT2D eigenvalue weighted by Crippen LogP contribution is -1.96. The fourth-order valence-corrected chi connectivity index (χ4v) is 8.48. The highest BCUT2D eigenvalue weighted by Gasteiger charge is 2.20. The largest absolute Gasteiger partial charge is 0.308 e. The molecular weight excluding hydrogens is 715 g/mol. The molecule has 11 rings (SSSR count). The molecule has 0 fully saturated rings. The van der Waals surface area contributed by atoms with Crippen LogP contribution in [-0.4, -0.2) is 14.5 Å². The zero-order valence-corrected chi connectivity index (χ0v) is 32.2. The van der Waals surface area contributed by atoms with Gasteiger partial charge in [-0.2, -0.15) is 0 Å². The van der Waals surface area contributed by atoms with Crippen LogP contribution in [-0.2, 0) is 0 Å². The Bertz CT molecular complexity index is 3260. The first kappa shape index (κ1) is 34.4. The van der Waals surface area contributed by atoms with Gasteiger partial charge in [0, 0.05) is 38.5 Å². The molecule has 0 aliphatic carbocycles. The molecule has 0 radical (unpaired) electrons. The predicted molar refractivity (Wildman–Crippen MR) is 246 cm³/mol. The molecule has 0 N–H and O–H groups in total. The number of fused-ring (bicyclic) bond motifs is 5. The van der Waals surface area contributed by atoms with Gasteiger partial charge >= 0.3 is 0 Å². The van der Waals surface area contributed by atoms with Crippen molar-refractivity contribution in [1.82, 2.24) is 14.5 Å². The fraction of sp³-hybridized carbons (Fsp3) is 0. The molecule has 59 heavy (non-hydrogen) atoms. The Kier molecular flexibility index (Phi) is 8.49. The van der Waals surface area contributed by atoms with E-state index >= 15 is 0 Å². The number of pyridine rings is 2. The zero-order valence-electron chi connectivity index (χ0n) is 32.2. The van der Waals surface area contributed by atoms with Gasteiger partial charge in [0.25, 0.3) is 0 Å². The number of para-hydroxylation sites is 2. The second kappa shape index (κ2) is 14.6. The highest BCUT2D eigenvalue weighted by molar-refractivity contribution is 6.22. The third kappa shape index (κ3) is 6.26. The minimum atomic E-state index is 0.949. The van der Waals surface area contributed by atoms with E-state index in [0.29, 0.717) is 0 Å². The number of rotatable bonds is 7. The van der Waals surface area contributed by atoms with Crippen molar-refractivity contribution in [2.24, 2.45) is 0 Å². The molecule has 8 aromatic carbocycles. The number of hydrogen-bond donors (Lipinski definition) is 0. The highest BCUT2D eigenvalue weighted by atomic mass is 15.0. The van der Waals surface area contributed by atoms with E-state index in [1.54, 1.807) is 0 Å². The van der Waals surface area contributed by atoms with Gasteiger partial charge in [-0.25, -0.2) is 9.97 Å². The molecule has 3 heterocycles. The van der Waals surface area contributed by atoms with Crippen LogP contribution >= 0.6 is 0 Å². The van der Waals surface area contributed by atoms with E-state index in [0.717, 1.165) is 78.1 Å². The van der Waals surface area contributed by atoms with Crippen LogP contribution in [0.3, 0.4) is 0 Å². The van der Waals surface area contributed by atoms with E-state index in [4.69, 9.17) is 9.97 Å². The van der Waals surface area contributed by atoms with Gasteiger partial charge in [-0.15, -0.1) is 0 Å². The quantitative estimate of drug-likeness (QED) is 0.162. The highest BCUT2D eigenvalue weighted by Crippen LogP contribution is 2.41. The Morgan fingerprint density at radius 2 is 0.729 bits per heavy atom. The Hall–Kier alpha value is -7.88. The molecular formula is C56H37N3. The maximum absolute atomic E-state index is 5.25. The Labute approximate surface area is 343 Å². The number of nitrogens with zero attached hydrogens (tertiary/aromatic N) is 3. The van der Waals surface area contributed by atoms with Crippen LogP contribution in [0.25, 0.3) is 106 Å². The van der Waals surface area contributed by atoms with Gasteiger partial charge in [-0.05, 0) is 69.8 Å². The van der Waals surface area contributed by atoms with E-state index in [9.17, 15) is 0 Å². The van der Waals surface area contributed by atoms with Gasteiger partial charge in [-0.3, -0.25) is 0 Å². The molecule has 0 bridgehead atoms. The minimum Gasteiger partial charge on any atom is -0.308 e. The van der Waals surface area contributed by atoms with E-state index < -0.39 is 0 Å². The van der Waals surface area contributed by atoms with E-state index in [1.807, 2.05) is 6.07 Å². The first-order valence-electron chi connectivity index (χ1n) is 20.1. The summed E-state index contributed by atoms with van der Waals surface area (Å²) in [4.78, 5) is 10.4. The number of benzene rings is 8. The lowest BCUT2D eigenvalue weighted by Gasteiger charge is -2.13. The first-order chi connectivity index (χ1) is 29.2. The lowest BCUT2D eigenvalue weighted by atomic mass is 9.97. The van der Waals surface area contributed by atoms with Crippen LogP contribution in [0.1, 0.15) is 0 Å². The van der Waals surface area contributed by atoms with Crippen LogP contribution in [0.4, 0.5) is 0 Å². The van der Waals surface area contributed by atoms with Gasteiger partial charge in [0.2, 0.25) is 0 Å². The summed E-state index contributed by atoms with van der Waals surface area (Å²) < 4.78 is 2.41. The fourth-order valence-electron chi connectivity index (χ4n) is 8.48. The third-order valence-electron chi connectivity index (χ3n) is 11.4. The van der Waals surface area contributed by atoms with E-state index in [2.05, 4.69) is 223 Å². The summed E-state index contributed by atoms with van der Waals surface area (Å²) in [5.74, 6) is 0. The van der Waals surface area contributed by atoms with Gasteiger partial charge in [0.15, 0.2) is 0 Å². The van der Waals surface area contributed by atoms with Crippen molar-refractivity contribution in [3.8, 4) is 72.8 Å². The van der Waals surface area contributed by atoms with Crippen molar-refractivity contribution >= 4 is 32.7 Å². The smallest absolute Gasteiger partial charge is 0.0809 e.